The molecule has 0 spiro atoms. The topological polar surface area (TPSA) is 34.1 Å². The maximum absolute atomic E-state index is 6.14. The Hall–Kier alpha value is -1.32. The maximum atomic E-state index is 6.14. The van der Waals surface area contributed by atoms with Gasteiger partial charge in [0.15, 0.2) is 0 Å². The minimum absolute atomic E-state index is 0.237. The van der Waals surface area contributed by atoms with Crippen LogP contribution in [0.2, 0.25) is 5.02 Å². The van der Waals surface area contributed by atoms with Gasteiger partial charge in [0.05, 0.1) is 5.02 Å². The third kappa shape index (κ3) is 2.08. The zero-order valence-corrected chi connectivity index (χ0v) is 10.1. The SMILES string of the molecule is Clc1ccc(O[C@@H]2CCNC2)c2ncccc12. The van der Waals surface area contributed by atoms with Crippen molar-refractivity contribution < 1.29 is 4.74 Å². The van der Waals surface area contributed by atoms with Crippen LogP contribution in [-0.4, -0.2) is 24.2 Å². The summed E-state index contributed by atoms with van der Waals surface area (Å²) in [6.07, 6.45) is 3.04. The van der Waals surface area contributed by atoms with Crippen molar-refractivity contribution in [1.29, 1.82) is 0 Å². The molecule has 1 aliphatic heterocycles. The highest BCUT2D eigenvalue weighted by Gasteiger charge is 2.17. The Morgan fingerprint density at radius 2 is 2.29 bits per heavy atom. The first-order valence-electron chi connectivity index (χ1n) is 5.75. The number of hydrogen-bond acceptors (Lipinski definition) is 3. The second-order valence-electron chi connectivity index (χ2n) is 4.18. The fourth-order valence-corrected chi connectivity index (χ4v) is 2.33. The lowest BCUT2D eigenvalue weighted by molar-refractivity contribution is 0.225. The largest absolute Gasteiger partial charge is 0.487 e. The first kappa shape index (κ1) is 10.8. The predicted molar refractivity (Wildman–Crippen MR) is 68.7 cm³/mol. The van der Waals surface area contributed by atoms with E-state index in [0.717, 1.165) is 36.2 Å². The molecule has 0 amide bonds. The highest BCUT2D eigenvalue weighted by Crippen LogP contribution is 2.30. The van der Waals surface area contributed by atoms with Gasteiger partial charge >= 0.3 is 0 Å². The lowest BCUT2D eigenvalue weighted by atomic mass is 10.2. The zero-order chi connectivity index (χ0) is 11.7. The summed E-state index contributed by atoms with van der Waals surface area (Å²) in [5.41, 5.74) is 0.840. The van der Waals surface area contributed by atoms with Gasteiger partial charge in [0, 0.05) is 18.1 Å². The van der Waals surface area contributed by atoms with Crippen LogP contribution in [0.4, 0.5) is 0 Å². The number of aromatic nitrogens is 1. The van der Waals surface area contributed by atoms with E-state index < -0.39 is 0 Å². The van der Waals surface area contributed by atoms with Crippen molar-refractivity contribution in [3.8, 4) is 5.75 Å². The van der Waals surface area contributed by atoms with Gasteiger partial charge in [-0.25, -0.2) is 0 Å². The lowest BCUT2D eigenvalue weighted by Crippen LogP contribution is -2.19. The molecule has 1 aliphatic rings. The van der Waals surface area contributed by atoms with E-state index in [1.54, 1.807) is 6.20 Å². The summed E-state index contributed by atoms with van der Waals surface area (Å²) in [7, 11) is 0. The fraction of sp³-hybridized carbons (Fsp3) is 0.308. The molecule has 1 fully saturated rings. The molecule has 1 atom stereocenters. The number of ether oxygens (including phenoxy) is 1. The number of nitrogens with one attached hydrogen (secondary N) is 1. The lowest BCUT2D eigenvalue weighted by Gasteiger charge is -2.14. The van der Waals surface area contributed by atoms with Crippen LogP contribution in [0.15, 0.2) is 30.5 Å². The minimum atomic E-state index is 0.237. The highest BCUT2D eigenvalue weighted by molar-refractivity contribution is 6.35. The molecule has 3 nitrogen and oxygen atoms in total. The van der Waals surface area contributed by atoms with Crippen molar-refractivity contribution in [1.82, 2.24) is 10.3 Å². The van der Waals surface area contributed by atoms with Gasteiger partial charge in [0.2, 0.25) is 0 Å². The van der Waals surface area contributed by atoms with E-state index in [1.165, 1.54) is 0 Å². The Bertz CT molecular complexity index is 538. The molecule has 0 unspecified atom stereocenters. The Morgan fingerprint density at radius 1 is 1.35 bits per heavy atom. The van der Waals surface area contributed by atoms with Crippen molar-refractivity contribution in [3.63, 3.8) is 0 Å². The first-order valence-corrected chi connectivity index (χ1v) is 6.13. The van der Waals surface area contributed by atoms with Crippen LogP contribution in [0, 0.1) is 0 Å². The van der Waals surface area contributed by atoms with E-state index in [4.69, 9.17) is 16.3 Å². The number of fused-ring (bicyclic) bond motifs is 1. The normalized spacial score (nSPS) is 19.7. The summed E-state index contributed by atoms with van der Waals surface area (Å²) in [4.78, 5) is 4.35. The average Bonchev–Trinajstić information content (AvgIpc) is 2.86. The van der Waals surface area contributed by atoms with Crippen molar-refractivity contribution in [2.45, 2.75) is 12.5 Å². The third-order valence-corrected chi connectivity index (χ3v) is 3.32. The van der Waals surface area contributed by atoms with Gasteiger partial charge in [0.25, 0.3) is 0 Å². The molecular formula is C13H13ClN2O. The Balaban J connectivity index is 2.01. The zero-order valence-electron chi connectivity index (χ0n) is 9.32. The summed E-state index contributed by atoms with van der Waals surface area (Å²) < 4.78 is 5.96. The Labute approximate surface area is 105 Å². The molecule has 1 aromatic carbocycles. The Morgan fingerprint density at radius 3 is 3.12 bits per heavy atom. The van der Waals surface area contributed by atoms with E-state index in [1.807, 2.05) is 24.3 Å². The number of nitrogens with zero attached hydrogens (tertiary/aromatic N) is 1. The predicted octanol–water partition coefficient (Wildman–Crippen LogP) is 2.63. The molecule has 0 aliphatic carbocycles. The molecule has 4 heteroatoms. The molecule has 0 bridgehead atoms. The number of pyridine rings is 1. The van der Waals surface area contributed by atoms with Crippen molar-refractivity contribution in [2.24, 2.45) is 0 Å². The Kier molecular flexibility index (Phi) is 2.87. The van der Waals surface area contributed by atoms with Crippen LogP contribution in [0.5, 0.6) is 5.75 Å². The first-order chi connectivity index (χ1) is 8.34. The molecular weight excluding hydrogens is 236 g/mol. The third-order valence-electron chi connectivity index (χ3n) is 2.99. The molecule has 3 rings (SSSR count). The van der Waals surface area contributed by atoms with Crippen LogP contribution in [0.3, 0.4) is 0 Å². The summed E-state index contributed by atoms with van der Waals surface area (Å²) >= 11 is 6.14. The molecule has 1 saturated heterocycles. The second kappa shape index (κ2) is 4.51. The number of halogens is 1. The smallest absolute Gasteiger partial charge is 0.146 e. The van der Waals surface area contributed by atoms with Gasteiger partial charge in [-0.2, -0.15) is 0 Å². The summed E-state index contributed by atoms with van der Waals surface area (Å²) in [6, 6.07) is 7.61. The van der Waals surface area contributed by atoms with Crippen LogP contribution in [0.1, 0.15) is 6.42 Å². The molecule has 2 heterocycles. The van der Waals surface area contributed by atoms with Gasteiger partial charge < -0.3 is 10.1 Å². The fourth-order valence-electron chi connectivity index (χ4n) is 2.12. The van der Waals surface area contributed by atoms with Crippen molar-refractivity contribution in [2.75, 3.05) is 13.1 Å². The van der Waals surface area contributed by atoms with Gasteiger partial charge in [-0.1, -0.05) is 11.6 Å². The maximum Gasteiger partial charge on any atom is 0.146 e. The van der Waals surface area contributed by atoms with E-state index in [-0.39, 0.29) is 6.10 Å². The van der Waals surface area contributed by atoms with E-state index in [2.05, 4.69) is 10.3 Å². The van der Waals surface area contributed by atoms with Crippen LogP contribution >= 0.6 is 11.6 Å². The van der Waals surface area contributed by atoms with Crippen LogP contribution in [0.25, 0.3) is 10.9 Å². The molecule has 2 aromatic rings. The quantitative estimate of drug-likeness (QED) is 0.887. The standard InChI is InChI=1S/C13H13ClN2O/c14-11-3-4-12(17-9-5-7-15-8-9)13-10(11)2-1-6-16-13/h1-4,6,9,15H,5,7-8H2/t9-/m1/s1. The van der Waals surface area contributed by atoms with Gasteiger partial charge in [-0.15, -0.1) is 0 Å². The van der Waals surface area contributed by atoms with E-state index in [0.29, 0.717) is 5.02 Å². The molecule has 0 saturated carbocycles. The van der Waals surface area contributed by atoms with E-state index >= 15 is 0 Å². The molecule has 1 N–H and O–H groups in total. The molecule has 17 heavy (non-hydrogen) atoms. The summed E-state index contributed by atoms with van der Waals surface area (Å²) in [5, 5.41) is 4.94. The van der Waals surface area contributed by atoms with Crippen molar-refractivity contribution >= 4 is 22.5 Å². The summed E-state index contributed by atoms with van der Waals surface area (Å²) in [5.74, 6) is 0.818. The molecule has 0 radical (unpaired) electrons. The number of benzene rings is 1. The summed E-state index contributed by atoms with van der Waals surface area (Å²) in [6.45, 7) is 1.92. The highest BCUT2D eigenvalue weighted by atomic mass is 35.5. The minimum Gasteiger partial charge on any atom is -0.487 e. The van der Waals surface area contributed by atoms with Crippen molar-refractivity contribution in [3.05, 3.63) is 35.5 Å². The molecule has 1 aromatic heterocycles. The van der Waals surface area contributed by atoms with Crippen LogP contribution in [-0.2, 0) is 0 Å². The molecule has 88 valence electrons. The monoisotopic (exact) mass is 248 g/mol. The van der Waals surface area contributed by atoms with E-state index in [9.17, 15) is 0 Å². The number of hydrogen-bond donors (Lipinski definition) is 1. The van der Waals surface area contributed by atoms with Gasteiger partial charge in [0.1, 0.15) is 17.4 Å². The van der Waals surface area contributed by atoms with Crippen LogP contribution < -0.4 is 10.1 Å². The second-order valence-corrected chi connectivity index (χ2v) is 4.58. The number of rotatable bonds is 2. The van der Waals surface area contributed by atoms with Gasteiger partial charge in [-0.3, -0.25) is 4.98 Å². The van der Waals surface area contributed by atoms with Gasteiger partial charge in [-0.05, 0) is 37.2 Å². The average molecular weight is 249 g/mol.